The van der Waals surface area contributed by atoms with Crippen molar-refractivity contribution >= 4 is 10.1 Å². The van der Waals surface area contributed by atoms with Gasteiger partial charge in [-0.25, -0.2) is 8.42 Å². The summed E-state index contributed by atoms with van der Waals surface area (Å²) in [6, 6.07) is 0. The van der Waals surface area contributed by atoms with Crippen molar-refractivity contribution in [1.82, 2.24) is 0 Å². The second-order valence-corrected chi connectivity index (χ2v) is 6.12. The predicted octanol–water partition coefficient (Wildman–Crippen LogP) is 3.28. The highest BCUT2D eigenvalue weighted by Crippen LogP contribution is 2.20. The Labute approximate surface area is 114 Å². The van der Waals surface area contributed by atoms with Gasteiger partial charge in [0.1, 0.15) is 6.61 Å². The number of hydrogen-bond donors (Lipinski definition) is 0. The van der Waals surface area contributed by atoms with Crippen molar-refractivity contribution in [2.75, 3.05) is 13.2 Å². The van der Waals surface area contributed by atoms with Gasteiger partial charge in [0, 0.05) is 6.61 Å². The zero-order valence-corrected chi connectivity index (χ0v) is 12.2. The van der Waals surface area contributed by atoms with E-state index in [4.69, 9.17) is 0 Å². The molecule has 0 N–H and O–H groups in total. The Kier molecular flexibility index (Phi) is 9.47. The molecule has 0 fully saturated rings. The minimum absolute atomic E-state index is 0.0556. The quantitative estimate of drug-likeness (QED) is 0.410. The molecule has 0 amide bonds. The van der Waals surface area contributed by atoms with E-state index in [1.165, 1.54) is 25.7 Å². The molecule has 0 aliphatic heterocycles. The van der Waals surface area contributed by atoms with Crippen molar-refractivity contribution in [3.63, 3.8) is 0 Å². The van der Waals surface area contributed by atoms with Crippen molar-refractivity contribution < 1.29 is 26.5 Å². The number of ether oxygens (including phenoxy) is 1. The topological polar surface area (TPSA) is 66.4 Å². The highest BCUT2D eigenvalue weighted by molar-refractivity contribution is 7.86. The third-order valence-electron chi connectivity index (χ3n) is 2.78. The standard InChI is InChI=1S/C12H24F2O4S/c1-2-3-4-5-6-7-8-9-10-18-11-12(13,14)19(15,16)17/h2-11H2,1H3,(H,15,16,17)/p-1. The van der Waals surface area contributed by atoms with Crippen LogP contribution in [0, 0.1) is 0 Å². The van der Waals surface area contributed by atoms with E-state index in [1.807, 2.05) is 0 Å². The van der Waals surface area contributed by atoms with Gasteiger partial charge in [0.15, 0.2) is 10.1 Å². The Morgan fingerprint density at radius 1 is 1.00 bits per heavy atom. The minimum Gasteiger partial charge on any atom is -0.743 e. The maximum absolute atomic E-state index is 12.7. The predicted molar refractivity (Wildman–Crippen MR) is 68.1 cm³/mol. The van der Waals surface area contributed by atoms with E-state index in [9.17, 15) is 21.8 Å². The number of rotatable bonds is 12. The van der Waals surface area contributed by atoms with Crippen LogP contribution in [0.3, 0.4) is 0 Å². The van der Waals surface area contributed by atoms with Gasteiger partial charge in [-0.15, -0.1) is 0 Å². The molecular formula is C12H23F2O4S-. The molecule has 0 aliphatic rings. The summed E-state index contributed by atoms with van der Waals surface area (Å²) in [5.41, 5.74) is 0. The molecule has 19 heavy (non-hydrogen) atoms. The summed E-state index contributed by atoms with van der Waals surface area (Å²) in [6.07, 6.45) is 8.44. The molecule has 0 bridgehead atoms. The zero-order chi connectivity index (χ0) is 14.8. The first kappa shape index (κ1) is 18.7. The first-order valence-electron chi connectivity index (χ1n) is 6.72. The van der Waals surface area contributed by atoms with E-state index < -0.39 is 22.0 Å². The van der Waals surface area contributed by atoms with Crippen LogP contribution in [0.15, 0.2) is 0 Å². The van der Waals surface area contributed by atoms with E-state index in [1.54, 1.807) is 0 Å². The Hall–Kier alpha value is -0.270. The summed E-state index contributed by atoms with van der Waals surface area (Å²) in [7, 11) is -5.62. The van der Waals surface area contributed by atoms with Crippen LogP contribution in [0.4, 0.5) is 8.78 Å². The Morgan fingerprint density at radius 2 is 1.47 bits per heavy atom. The average Bonchev–Trinajstić information content (AvgIpc) is 2.30. The molecule has 116 valence electrons. The van der Waals surface area contributed by atoms with Gasteiger partial charge in [0.25, 0.3) is 0 Å². The lowest BCUT2D eigenvalue weighted by atomic mass is 10.1. The van der Waals surface area contributed by atoms with Crippen molar-refractivity contribution in [3.8, 4) is 0 Å². The summed E-state index contributed by atoms with van der Waals surface area (Å²) in [5, 5.41) is -4.33. The largest absolute Gasteiger partial charge is 0.743 e. The highest BCUT2D eigenvalue weighted by atomic mass is 32.2. The van der Waals surface area contributed by atoms with E-state index in [0.717, 1.165) is 19.3 Å². The SMILES string of the molecule is CCCCCCCCCCOCC(F)(F)S(=O)(=O)[O-]. The smallest absolute Gasteiger partial charge is 0.357 e. The van der Waals surface area contributed by atoms with Gasteiger partial charge in [-0.05, 0) is 6.42 Å². The van der Waals surface area contributed by atoms with Gasteiger partial charge in [-0.1, -0.05) is 51.9 Å². The fourth-order valence-electron chi connectivity index (χ4n) is 1.60. The van der Waals surface area contributed by atoms with Crippen LogP contribution < -0.4 is 0 Å². The summed E-state index contributed by atoms with van der Waals surface area (Å²) >= 11 is 0. The number of unbranched alkanes of at least 4 members (excludes halogenated alkanes) is 7. The molecule has 0 aliphatic carbocycles. The molecule has 0 atom stereocenters. The molecule has 7 heteroatoms. The number of alkyl halides is 2. The first-order valence-corrected chi connectivity index (χ1v) is 8.13. The molecular weight excluding hydrogens is 278 g/mol. The molecule has 0 aromatic rings. The minimum atomic E-state index is -5.62. The van der Waals surface area contributed by atoms with Crippen molar-refractivity contribution in [2.45, 2.75) is 63.5 Å². The highest BCUT2D eigenvalue weighted by Gasteiger charge is 2.37. The summed E-state index contributed by atoms with van der Waals surface area (Å²) in [6.45, 7) is 0.852. The van der Waals surface area contributed by atoms with Crippen molar-refractivity contribution in [1.29, 1.82) is 0 Å². The third-order valence-corrected chi connectivity index (χ3v) is 3.63. The molecule has 0 saturated heterocycles. The van der Waals surface area contributed by atoms with E-state index in [2.05, 4.69) is 11.7 Å². The molecule has 0 heterocycles. The molecule has 0 aromatic heterocycles. The van der Waals surface area contributed by atoms with Gasteiger partial charge < -0.3 is 9.29 Å². The van der Waals surface area contributed by atoms with Crippen LogP contribution in [0.2, 0.25) is 0 Å². The van der Waals surface area contributed by atoms with Gasteiger partial charge in [-0.2, -0.15) is 8.78 Å². The van der Waals surface area contributed by atoms with Gasteiger partial charge >= 0.3 is 5.25 Å². The Morgan fingerprint density at radius 3 is 1.95 bits per heavy atom. The zero-order valence-electron chi connectivity index (χ0n) is 11.4. The Bertz CT molecular complexity index is 318. The lowest BCUT2D eigenvalue weighted by molar-refractivity contribution is -0.0217. The lowest BCUT2D eigenvalue weighted by Gasteiger charge is -2.19. The molecule has 0 spiro atoms. The maximum atomic E-state index is 12.7. The number of halogens is 2. The summed E-state index contributed by atoms with van der Waals surface area (Å²) < 4.78 is 60.3. The van der Waals surface area contributed by atoms with Crippen LogP contribution in [0.25, 0.3) is 0 Å². The second-order valence-electron chi connectivity index (χ2n) is 4.62. The van der Waals surface area contributed by atoms with Gasteiger partial charge in [0.2, 0.25) is 0 Å². The fraction of sp³-hybridized carbons (Fsp3) is 1.00. The van der Waals surface area contributed by atoms with Crippen LogP contribution in [0.5, 0.6) is 0 Å². The van der Waals surface area contributed by atoms with E-state index in [-0.39, 0.29) is 6.61 Å². The van der Waals surface area contributed by atoms with Crippen LogP contribution >= 0.6 is 0 Å². The van der Waals surface area contributed by atoms with Crippen molar-refractivity contribution in [3.05, 3.63) is 0 Å². The van der Waals surface area contributed by atoms with Crippen LogP contribution in [0.1, 0.15) is 58.3 Å². The summed E-state index contributed by atoms with van der Waals surface area (Å²) in [5.74, 6) is 0. The molecule has 4 nitrogen and oxygen atoms in total. The molecule has 0 aromatic carbocycles. The van der Waals surface area contributed by atoms with Crippen LogP contribution in [-0.2, 0) is 14.9 Å². The normalized spacial score (nSPS) is 12.8. The van der Waals surface area contributed by atoms with E-state index in [0.29, 0.717) is 6.42 Å². The van der Waals surface area contributed by atoms with Crippen LogP contribution in [-0.4, -0.2) is 31.4 Å². The third kappa shape index (κ3) is 9.29. The number of hydrogen-bond acceptors (Lipinski definition) is 4. The summed E-state index contributed by atoms with van der Waals surface area (Å²) in [4.78, 5) is 0. The maximum Gasteiger partial charge on any atom is 0.357 e. The lowest BCUT2D eigenvalue weighted by Crippen LogP contribution is -2.33. The Balaban J connectivity index is 3.42. The average molecular weight is 301 g/mol. The molecule has 0 saturated carbocycles. The second kappa shape index (κ2) is 9.61. The molecule has 0 unspecified atom stereocenters. The molecule has 0 radical (unpaired) electrons. The van der Waals surface area contributed by atoms with Gasteiger partial charge in [-0.3, -0.25) is 0 Å². The molecule has 0 rings (SSSR count). The first-order chi connectivity index (χ1) is 8.81. The fourth-order valence-corrected chi connectivity index (χ4v) is 1.83. The van der Waals surface area contributed by atoms with Gasteiger partial charge in [0.05, 0.1) is 0 Å². The van der Waals surface area contributed by atoms with E-state index >= 15 is 0 Å². The van der Waals surface area contributed by atoms with Crippen molar-refractivity contribution in [2.24, 2.45) is 0 Å². The monoisotopic (exact) mass is 301 g/mol.